The van der Waals surface area contributed by atoms with E-state index in [1.54, 1.807) is 13.8 Å². The van der Waals surface area contributed by atoms with Crippen molar-refractivity contribution in [3.63, 3.8) is 0 Å². The summed E-state index contributed by atoms with van der Waals surface area (Å²) in [5.74, 6) is 0.453. The van der Waals surface area contributed by atoms with E-state index in [1.165, 1.54) is 24.0 Å². The van der Waals surface area contributed by atoms with Crippen LogP contribution in [0.15, 0.2) is 24.3 Å². The topological polar surface area (TPSA) is 84.9 Å². The van der Waals surface area contributed by atoms with Crippen LogP contribution in [0.2, 0.25) is 0 Å². The van der Waals surface area contributed by atoms with Gasteiger partial charge in [0.15, 0.2) is 0 Å². The number of aliphatic hydroxyl groups is 1. The van der Waals surface area contributed by atoms with Crippen molar-refractivity contribution in [2.75, 3.05) is 13.7 Å². The minimum absolute atomic E-state index is 0.223. The summed E-state index contributed by atoms with van der Waals surface area (Å²) in [4.78, 5) is 26.5. The van der Waals surface area contributed by atoms with Crippen molar-refractivity contribution in [2.45, 2.75) is 92.2 Å². The Morgan fingerprint density at radius 2 is 1.75 bits per heavy atom. The molecule has 0 radical (unpaired) electrons. The summed E-state index contributed by atoms with van der Waals surface area (Å²) in [5, 5.41) is 13.1. The van der Waals surface area contributed by atoms with Gasteiger partial charge in [0.25, 0.3) is 5.91 Å². The number of esters is 1. The van der Waals surface area contributed by atoms with Crippen LogP contribution in [0.1, 0.15) is 91.5 Å². The number of thiophene rings is 1. The maximum atomic E-state index is 12.8. The third-order valence-electron chi connectivity index (χ3n) is 6.60. The zero-order valence-corrected chi connectivity index (χ0v) is 24.1. The Labute approximate surface area is 220 Å². The molecule has 2 unspecified atom stereocenters. The van der Waals surface area contributed by atoms with E-state index in [0.717, 1.165) is 41.0 Å². The van der Waals surface area contributed by atoms with Crippen LogP contribution in [0.25, 0.3) is 0 Å². The number of carbonyl (C=O) groups is 2. The number of carbonyl (C=O) groups excluding carboxylic acids is 2. The molecular formula is C29H43NO5S. The normalized spacial score (nSPS) is 13.7. The molecular weight excluding hydrogens is 474 g/mol. The van der Waals surface area contributed by atoms with E-state index in [9.17, 15) is 14.7 Å². The van der Waals surface area contributed by atoms with E-state index in [0.29, 0.717) is 10.8 Å². The summed E-state index contributed by atoms with van der Waals surface area (Å²) >= 11 is 1.48. The molecule has 0 aliphatic heterocycles. The van der Waals surface area contributed by atoms with Crippen molar-refractivity contribution < 1.29 is 24.2 Å². The van der Waals surface area contributed by atoms with E-state index in [2.05, 4.69) is 30.4 Å². The van der Waals surface area contributed by atoms with Gasteiger partial charge < -0.3 is 19.9 Å². The predicted molar refractivity (Wildman–Crippen MR) is 146 cm³/mol. The highest BCUT2D eigenvalue weighted by molar-refractivity contribution is 7.14. The lowest BCUT2D eigenvalue weighted by Gasteiger charge is -2.26. The number of benzene rings is 1. The third kappa shape index (κ3) is 7.81. The standard InChI is InChI=1S/C29H43NO5S/c1-10-20(21-12-14-23(18(2)15-21)35-17-24(31)28(4,5)6)11-13-22-16-19(3)25(36-22)26(32)30-29(7,8)27(33)34-9/h12,14-16,20,24,31H,10-11,13,17H2,1-9H3,(H,30,32). The van der Waals surface area contributed by atoms with Crippen molar-refractivity contribution in [3.05, 3.63) is 50.7 Å². The smallest absolute Gasteiger partial charge is 0.330 e. The van der Waals surface area contributed by atoms with Gasteiger partial charge in [-0.1, -0.05) is 39.8 Å². The molecule has 0 bridgehead atoms. The van der Waals surface area contributed by atoms with Crippen molar-refractivity contribution in [1.29, 1.82) is 0 Å². The third-order valence-corrected chi connectivity index (χ3v) is 7.89. The summed E-state index contributed by atoms with van der Waals surface area (Å²) < 4.78 is 10.7. The van der Waals surface area contributed by atoms with Crippen LogP contribution in [-0.2, 0) is 16.0 Å². The minimum Gasteiger partial charge on any atom is -0.491 e. The van der Waals surface area contributed by atoms with E-state index in [-0.39, 0.29) is 17.9 Å². The maximum Gasteiger partial charge on any atom is 0.330 e. The molecule has 6 nitrogen and oxygen atoms in total. The largest absolute Gasteiger partial charge is 0.491 e. The first kappa shape index (κ1) is 29.8. The summed E-state index contributed by atoms with van der Waals surface area (Å²) in [6, 6.07) is 8.37. The fourth-order valence-corrected chi connectivity index (χ4v) is 5.06. The lowest BCUT2D eigenvalue weighted by molar-refractivity contribution is -0.146. The first-order chi connectivity index (χ1) is 16.7. The van der Waals surface area contributed by atoms with Gasteiger partial charge in [-0.15, -0.1) is 11.3 Å². The Kier molecular flexibility index (Phi) is 10.1. The SMILES string of the molecule is CCC(CCc1cc(C)c(C(=O)NC(C)(C)C(=O)OC)s1)c1ccc(OCC(O)C(C)(C)C)c(C)c1. The molecule has 2 rings (SSSR count). The summed E-state index contributed by atoms with van der Waals surface area (Å²) in [6.07, 6.45) is 2.31. The number of methoxy groups -OCH3 is 1. The Balaban J connectivity index is 2.05. The molecule has 0 spiro atoms. The highest BCUT2D eigenvalue weighted by Gasteiger charge is 2.31. The number of nitrogens with one attached hydrogen (secondary N) is 1. The number of ether oxygens (including phenoxy) is 2. The lowest BCUT2D eigenvalue weighted by atomic mass is 9.89. The van der Waals surface area contributed by atoms with E-state index < -0.39 is 17.6 Å². The fraction of sp³-hybridized carbons (Fsp3) is 0.586. The van der Waals surface area contributed by atoms with Crippen LogP contribution < -0.4 is 10.1 Å². The molecule has 0 aliphatic rings. The molecule has 1 heterocycles. The monoisotopic (exact) mass is 517 g/mol. The number of aliphatic hydroxyl groups excluding tert-OH is 1. The second kappa shape index (κ2) is 12.2. The molecule has 0 saturated carbocycles. The zero-order chi connectivity index (χ0) is 27.3. The number of rotatable bonds is 11. The molecule has 0 saturated heterocycles. The number of hydrogen-bond donors (Lipinski definition) is 2. The van der Waals surface area contributed by atoms with Gasteiger partial charge in [0, 0.05) is 4.88 Å². The average Bonchev–Trinajstić information content (AvgIpc) is 3.17. The van der Waals surface area contributed by atoms with Gasteiger partial charge >= 0.3 is 5.97 Å². The lowest BCUT2D eigenvalue weighted by Crippen LogP contribution is -2.50. The molecule has 36 heavy (non-hydrogen) atoms. The van der Waals surface area contributed by atoms with Crippen molar-refractivity contribution in [3.8, 4) is 5.75 Å². The first-order valence-electron chi connectivity index (χ1n) is 12.6. The minimum atomic E-state index is -1.09. The fourth-order valence-electron chi connectivity index (χ4n) is 3.97. The second-order valence-corrected chi connectivity index (χ2v) is 12.3. The molecule has 0 aliphatic carbocycles. The molecule has 1 amide bonds. The van der Waals surface area contributed by atoms with E-state index >= 15 is 0 Å². The molecule has 1 aromatic heterocycles. The van der Waals surface area contributed by atoms with Crippen LogP contribution in [-0.4, -0.2) is 42.3 Å². The van der Waals surface area contributed by atoms with Crippen molar-refractivity contribution in [2.24, 2.45) is 5.41 Å². The summed E-state index contributed by atoms with van der Waals surface area (Å²) in [5.41, 5.74) is 1.93. The summed E-state index contributed by atoms with van der Waals surface area (Å²) in [7, 11) is 1.31. The van der Waals surface area contributed by atoms with Gasteiger partial charge in [0.1, 0.15) is 17.9 Å². The van der Waals surface area contributed by atoms with Crippen molar-refractivity contribution in [1.82, 2.24) is 5.32 Å². The number of amides is 1. The van der Waals surface area contributed by atoms with Crippen LogP contribution in [0.3, 0.4) is 0 Å². The Bertz CT molecular complexity index is 1050. The highest BCUT2D eigenvalue weighted by Crippen LogP contribution is 2.32. The number of hydrogen-bond acceptors (Lipinski definition) is 6. The maximum absolute atomic E-state index is 12.8. The zero-order valence-electron chi connectivity index (χ0n) is 23.3. The molecule has 2 N–H and O–H groups in total. The first-order valence-corrected chi connectivity index (χ1v) is 13.4. The molecule has 200 valence electrons. The average molecular weight is 518 g/mol. The second-order valence-electron chi connectivity index (χ2n) is 11.2. The van der Waals surface area contributed by atoms with Crippen LogP contribution in [0.5, 0.6) is 5.75 Å². The van der Waals surface area contributed by atoms with Crippen LogP contribution >= 0.6 is 11.3 Å². The summed E-state index contributed by atoms with van der Waals surface area (Å²) in [6.45, 7) is 15.7. The predicted octanol–water partition coefficient (Wildman–Crippen LogP) is 5.96. The molecule has 1 aromatic carbocycles. The van der Waals surface area contributed by atoms with Gasteiger partial charge in [-0.2, -0.15) is 0 Å². The van der Waals surface area contributed by atoms with Crippen LogP contribution in [0, 0.1) is 19.3 Å². The van der Waals surface area contributed by atoms with Gasteiger partial charge in [-0.05, 0) is 87.1 Å². The Morgan fingerprint density at radius 1 is 1.08 bits per heavy atom. The van der Waals surface area contributed by atoms with E-state index in [1.807, 2.05) is 40.7 Å². The van der Waals surface area contributed by atoms with Gasteiger partial charge in [0.05, 0.1) is 18.1 Å². The quantitative estimate of drug-likeness (QED) is 0.359. The van der Waals surface area contributed by atoms with Crippen LogP contribution in [0.4, 0.5) is 0 Å². The van der Waals surface area contributed by atoms with Crippen molar-refractivity contribution >= 4 is 23.2 Å². The molecule has 2 atom stereocenters. The number of aryl methyl sites for hydroxylation is 3. The highest BCUT2D eigenvalue weighted by atomic mass is 32.1. The van der Waals surface area contributed by atoms with E-state index in [4.69, 9.17) is 9.47 Å². The molecule has 0 fully saturated rings. The van der Waals surface area contributed by atoms with Gasteiger partial charge in [-0.25, -0.2) is 4.79 Å². The van der Waals surface area contributed by atoms with Gasteiger partial charge in [-0.3, -0.25) is 4.79 Å². The molecule has 7 heteroatoms. The Hall–Kier alpha value is -2.38. The molecule has 2 aromatic rings. The Morgan fingerprint density at radius 3 is 2.31 bits per heavy atom. The van der Waals surface area contributed by atoms with Gasteiger partial charge in [0.2, 0.25) is 0 Å².